The Labute approximate surface area is 119 Å². The minimum absolute atomic E-state index is 0.0252. The van der Waals surface area contributed by atoms with Crippen molar-refractivity contribution >= 4 is 0 Å². The molecule has 0 amide bonds. The first-order chi connectivity index (χ1) is 9.78. The molecule has 0 bridgehead atoms. The molecule has 20 heavy (non-hydrogen) atoms. The van der Waals surface area contributed by atoms with Crippen LogP contribution >= 0.6 is 0 Å². The van der Waals surface area contributed by atoms with Crippen molar-refractivity contribution in [2.24, 2.45) is 5.84 Å². The molecule has 0 aliphatic carbocycles. The van der Waals surface area contributed by atoms with Gasteiger partial charge in [0.2, 0.25) is 0 Å². The Morgan fingerprint density at radius 2 is 1.70 bits per heavy atom. The molecule has 0 saturated heterocycles. The summed E-state index contributed by atoms with van der Waals surface area (Å²) in [5, 5.41) is 0. The highest BCUT2D eigenvalue weighted by Crippen LogP contribution is 2.25. The number of nitrogens with one attached hydrogen (secondary N) is 1. The first kappa shape index (κ1) is 14.4. The highest BCUT2D eigenvalue weighted by molar-refractivity contribution is 5.36. The molecule has 0 heterocycles. The molecule has 3 N–H and O–H groups in total. The largest absolute Gasteiger partial charge is 0.497 e. The maximum absolute atomic E-state index is 5.69. The molecular formula is C16H20N2O2. The molecule has 0 spiro atoms. The zero-order valence-corrected chi connectivity index (χ0v) is 11.8. The Morgan fingerprint density at radius 3 is 2.30 bits per heavy atom. The first-order valence-electron chi connectivity index (χ1n) is 6.50. The molecule has 1 atom stereocenters. The number of nitrogens with two attached hydrogens (primary N) is 1. The van der Waals surface area contributed by atoms with Crippen molar-refractivity contribution in [1.29, 1.82) is 0 Å². The van der Waals surface area contributed by atoms with Gasteiger partial charge in [0.1, 0.15) is 11.5 Å². The molecule has 106 valence electrons. The highest BCUT2D eigenvalue weighted by Gasteiger charge is 2.13. The summed E-state index contributed by atoms with van der Waals surface area (Å²) in [6, 6.07) is 15.9. The summed E-state index contributed by atoms with van der Waals surface area (Å²) in [4.78, 5) is 0. The van der Waals surface area contributed by atoms with Crippen LogP contribution in [0.4, 0.5) is 0 Å². The van der Waals surface area contributed by atoms with Gasteiger partial charge in [-0.1, -0.05) is 30.3 Å². The van der Waals surface area contributed by atoms with Crippen molar-refractivity contribution in [3.8, 4) is 11.5 Å². The fourth-order valence-electron chi connectivity index (χ4n) is 2.20. The van der Waals surface area contributed by atoms with Crippen LogP contribution < -0.4 is 20.7 Å². The smallest absolute Gasteiger partial charge is 0.122 e. The zero-order valence-electron chi connectivity index (χ0n) is 11.8. The van der Waals surface area contributed by atoms with E-state index in [4.69, 9.17) is 15.3 Å². The lowest BCUT2D eigenvalue weighted by atomic mass is 9.98. The molecule has 4 heteroatoms. The monoisotopic (exact) mass is 272 g/mol. The Balaban J connectivity index is 2.19. The fraction of sp³-hybridized carbons (Fsp3) is 0.250. The van der Waals surface area contributed by atoms with Crippen LogP contribution in [0.3, 0.4) is 0 Å². The average Bonchev–Trinajstić information content (AvgIpc) is 2.53. The normalized spacial score (nSPS) is 11.9. The van der Waals surface area contributed by atoms with Crippen LogP contribution in [0.5, 0.6) is 11.5 Å². The predicted octanol–water partition coefficient (Wildman–Crippen LogP) is 2.45. The van der Waals surface area contributed by atoms with Crippen LogP contribution in [0.1, 0.15) is 17.2 Å². The molecule has 0 aliphatic rings. The van der Waals surface area contributed by atoms with Gasteiger partial charge in [0.15, 0.2) is 0 Å². The second-order valence-electron chi connectivity index (χ2n) is 4.51. The molecule has 0 aromatic heterocycles. The van der Waals surface area contributed by atoms with Gasteiger partial charge in [0.25, 0.3) is 0 Å². The molecule has 1 unspecified atom stereocenters. The van der Waals surface area contributed by atoms with Gasteiger partial charge in [-0.05, 0) is 35.7 Å². The predicted molar refractivity (Wildman–Crippen MR) is 79.8 cm³/mol. The van der Waals surface area contributed by atoms with Gasteiger partial charge in [-0.25, -0.2) is 0 Å². The van der Waals surface area contributed by atoms with Crippen LogP contribution in [0.2, 0.25) is 0 Å². The maximum Gasteiger partial charge on any atom is 0.122 e. The van der Waals surface area contributed by atoms with Gasteiger partial charge < -0.3 is 9.47 Å². The van der Waals surface area contributed by atoms with Crippen LogP contribution in [0, 0.1) is 0 Å². The summed E-state index contributed by atoms with van der Waals surface area (Å²) in [6.45, 7) is 0. The van der Waals surface area contributed by atoms with Crippen LogP contribution in [0.25, 0.3) is 0 Å². The number of benzene rings is 2. The van der Waals surface area contributed by atoms with Crippen molar-refractivity contribution in [2.75, 3.05) is 14.2 Å². The van der Waals surface area contributed by atoms with Gasteiger partial charge in [-0.2, -0.15) is 0 Å². The van der Waals surface area contributed by atoms with E-state index in [2.05, 4.69) is 5.43 Å². The van der Waals surface area contributed by atoms with Gasteiger partial charge >= 0.3 is 0 Å². The van der Waals surface area contributed by atoms with E-state index < -0.39 is 0 Å². The van der Waals surface area contributed by atoms with E-state index in [0.717, 1.165) is 29.0 Å². The molecule has 2 aromatic carbocycles. The molecule has 2 rings (SSSR count). The number of methoxy groups -OCH3 is 2. The Bertz CT molecular complexity index is 540. The topological polar surface area (TPSA) is 56.5 Å². The van der Waals surface area contributed by atoms with E-state index in [9.17, 15) is 0 Å². The van der Waals surface area contributed by atoms with Crippen LogP contribution in [-0.4, -0.2) is 14.2 Å². The van der Waals surface area contributed by atoms with Crippen molar-refractivity contribution in [2.45, 2.75) is 12.5 Å². The third-order valence-corrected chi connectivity index (χ3v) is 3.34. The summed E-state index contributed by atoms with van der Waals surface area (Å²) >= 11 is 0. The second-order valence-corrected chi connectivity index (χ2v) is 4.51. The fourth-order valence-corrected chi connectivity index (χ4v) is 2.20. The SMILES string of the molecule is COc1ccc(C(Cc2ccccc2OC)NN)cc1. The number of para-hydroxylation sites is 1. The van der Waals surface area contributed by atoms with Crippen molar-refractivity contribution in [3.63, 3.8) is 0 Å². The van der Waals surface area contributed by atoms with Crippen LogP contribution in [0.15, 0.2) is 48.5 Å². The Morgan fingerprint density at radius 1 is 1.00 bits per heavy atom. The van der Waals surface area contributed by atoms with Gasteiger partial charge in [0.05, 0.1) is 20.3 Å². The molecule has 0 aliphatic heterocycles. The summed E-state index contributed by atoms with van der Waals surface area (Å²) in [7, 11) is 3.33. The lowest BCUT2D eigenvalue weighted by Crippen LogP contribution is -2.29. The third kappa shape index (κ3) is 3.29. The minimum atomic E-state index is 0.0252. The molecule has 4 nitrogen and oxygen atoms in total. The van der Waals surface area contributed by atoms with E-state index >= 15 is 0 Å². The average molecular weight is 272 g/mol. The molecule has 0 saturated carbocycles. The van der Waals surface area contributed by atoms with E-state index in [0.29, 0.717) is 0 Å². The number of hydrogen-bond acceptors (Lipinski definition) is 4. The van der Waals surface area contributed by atoms with E-state index in [1.807, 2.05) is 48.5 Å². The maximum atomic E-state index is 5.69. The number of ether oxygens (including phenoxy) is 2. The first-order valence-corrected chi connectivity index (χ1v) is 6.50. The van der Waals surface area contributed by atoms with Gasteiger partial charge in [0, 0.05) is 0 Å². The van der Waals surface area contributed by atoms with Crippen LogP contribution in [-0.2, 0) is 6.42 Å². The summed E-state index contributed by atoms with van der Waals surface area (Å²) in [5.74, 6) is 7.40. The Kier molecular flexibility index (Phi) is 4.98. The molecule has 2 aromatic rings. The lowest BCUT2D eigenvalue weighted by molar-refractivity contribution is 0.405. The zero-order chi connectivity index (χ0) is 14.4. The quantitative estimate of drug-likeness (QED) is 0.626. The van der Waals surface area contributed by atoms with E-state index in [-0.39, 0.29) is 6.04 Å². The van der Waals surface area contributed by atoms with Gasteiger partial charge in [-0.15, -0.1) is 0 Å². The van der Waals surface area contributed by atoms with Crippen molar-refractivity contribution in [3.05, 3.63) is 59.7 Å². The van der Waals surface area contributed by atoms with Crippen molar-refractivity contribution < 1.29 is 9.47 Å². The Hall–Kier alpha value is -2.04. The van der Waals surface area contributed by atoms with E-state index in [1.54, 1.807) is 14.2 Å². The molecular weight excluding hydrogens is 252 g/mol. The van der Waals surface area contributed by atoms with Gasteiger partial charge in [-0.3, -0.25) is 11.3 Å². The lowest BCUT2D eigenvalue weighted by Gasteiger charge is -2.18. The summed E-state index contributed by atoms with van der Waals surface area (Å²) in [5.41, 5.74) is 5.09. The molecule has 0 radical (unpaired) electrons. The molecule has 0 fully saturated rings. The highest BCUT2D eigenvalue weighted by atomic mass is 16.5. The third-order valence-electron chi connectivity index (χ3n) is 3.34. The standard InChI is InChI=1S/C16H20N2O2/c1-19-14-9-7-12(8-10-14)15(18-17)11-13-5-3-4-6-16(13)20-2/h3-10,15,18H,11,17H2,1-2H3. The van der Waals surface area contributed by atoms with Crippen molar-refractivity contribution in [1.82, 2.24) is 5.43 Å². The number of hydrogen-bond donors (Lipinski definition) is 2. The summed E-state index contributed by atoms with van der Waals surface area (Å²) in [6.07, 6.45) is 0.757. The number of hydrazine groups is 1. The minimum Gasteiger partial charge on any atom is -0.497 e. The second kappa shape index (κ2) is 6.93. The number of rotatable bonds is 6. The summed E-state index contributed by atoms with van der Waals surface area (Å²) < 4.78 is 10.5. The van der Waals surface area contributed by atoms with E-state index in [1.165, 1.54) is 0 Å².